The van der Waals surface area contributed by atoms with Crippen LogP contribution in [0, 0.1) is 5.92 Å². The number of hydrogen-bond donors (Lipinski definition) is 2. The average molecular weight is 322 g/mol. The molecule has 0 fully saturated rings. The number of fused-ring (bicyclic) bond motifs is 1. The number of nitrogens with one attached hydrogen (secondary N) is 1. The van der Waals surface area contributed by atoms with E-state index in [-0.39, 0.29) is 17.2 Å². The highest BCUT2D eigenvalue weighted by molar-refractivity contribution is 7.89. The molecule has 1 heterocycles. The summed E-state index contributed by atoms with van der Waals surface area (Å²) in [5.41, 5.74) is 0.679. The van der Waals surface area contributed by atoms with Gasteiger partial charge in [0.2, 0.25) is 10.0 Å². The van der Waals surface area contributed by atoms with Gasteiger partial charge in [-0.2, -0.15) is 4.72 Å². The zero-order valence-electron chi connectivity index (χ0n) is 12.4. The lowest BCUT2D eigenvalue weighted by Gasteiger charge is -2.16. The van der Waals surface area contributed by atoms with Crippen LogP contribution in [0.25, 0.3) is 10.9 Å². The van der Waals surface area contributed by atoms with Gasteiger partial charge in [0.15, 0.2) is 0 Å². The van der Waals surface area contributed by atoms with Crippen molar-refractivity contribution in [3.05, 3.63) is 36.5 Å². The van der Waals surface area contributed by atoms with Crippen LogP contribution in [0.5, 0.6) is 0 Å². The first kappa shape index (κ1) is 16.4. The molecular weight excluding hydrogens is 304 g/mol. The number of benzene rings is 1. The van der Waals surface area contributed by atoms with E-state index in [1.807, 2.05) is 19.9 Å². The van der Waals surface area contributed by atoms with Gasteiger partial charge in [0.25, 0.3) is 0 Å². The summed E-state index contributed by atoms with van der Waals surface area (Å²) in [6.07, 6.45) is 1.45. The van der Waals surface area contributed by atoms with E-state index in [4.69, 9.17) is 5.11 Å². The number of sulfonamides is 1. The van der Waals surface area contributed by atoms with Crippen molar-refractivity contribution in [1.29, 1.82) is 0 Å². The SMILES string of the molecule is CC(C)CC(NS(=O)(=O)c1cnc2ccccc2c1)C(=O)O. The predicted molar refractivity (Wildman–Crippen MR) is 82.9 cm³/mol. The second-order valence-electron chi connectivity index (χ2n) is 5.51. The highest BCUT2D eigenvalue weighted by Gasteiger charge is 2.26. The van der Waals surface area contributed by atoms with Crippen LogP contribution in [0.15, 0.2) is 41.4 Å². The highest BCUT2D eigenvalue weighted by Crippen LogP contribution is 2.17. The molecule has 118 valence electrons. The maximum absolute atomic E-state index is 12.4. The molecule has 0 aliphatic carbocycles. The average Bonchev–Trinajstić information content (AvgIpc) is 2.45. The second kappa shape index (κ2) is 6.41. The van der Waals surface area contributed by atoms with Crippen molar-refractivity contribution >= 4 is 26.9 Å². The summed E-state index contributed by atoms with van der Waals surface area (Å²) >= 11 is 0. The fraction of sp³-hybridized carbons (Fsp3) is 0.333. The zero-order valence-corrected chi connectivity index (χ0v) is 13.2. The third-order valence-corrected chi connectivity index (χ3v) is 4.62. The van der Waals surface area contributed by atoms with Gasteiger partial charge < -0.3 is 5.11 Å². The molecule has 1 aromatic heterocycles. The summed E-state index contributed by atoms with van der Waals surface area (Å²) in [6, 6.07) is 7.45. The van der Waals surface area contributed by atoms with Gasteiger partial charge >= 0.3 is 5.97 Å². The van der Waals surface area contributed by atoms with Gasteiger partial charge in [-0.05, 0) is 24.5 Å². The molecule has 0 spiro atoms. The number of aliphatic carboxylic acids is 1. The van der Waals surface area contributed by atoms with Gasteiger partial charge in [0.05, 0.1) is 5.52 Å². The topological polar surface area (TPSA) is 96.4 Å². The van der Waals surface area contributed by atoms with Crippen LogP contribution in [-0.2, 0) is 14.8 Å². The summed E-state index contributed by atoms with van der Waals surface area (Å²) in [5.74, 6) is -1.13. The number of hydrogen-bond acceptors (Lipinski definition) is 4. The fourth-order valence-corrected chi connectivity index (χ4v) is 3.31. The van der Waals surface area contributed by atoms with Crippen molar-refractivity contribution in [2.75, 3.05) is 0 Å². The van der Waals surface area contributed by atoms with Gasteiger partial charge in [-0.25, -0.2) is 8.42 Å². The van der Waals surface area contributed by atoms with Gasteiger partial charge in [0, 0.05) is 11.6 Å². The van der Waals surface area contributed by atoms with Gasteiger partial charge in [-0.15, -0.1) is 0 Å². The van der Waals surface area contributed by atoms with E-state index in [1.165, 1.54) is 12.3 Å². The standard InChI is InChI=1S/C15H18N2O4S/c1-10(2)7-14(15(18)19)17-22(20,21)12-8-11-5-3-4-6-13(11)16-9-12/h3-6,8-10,14,17H,7H2,1-2H3,(H,18,19). The van der Waals surface area contributed by atoms with Crippen molar-refractivity contribution in [3.63, 3.8) is 0 Å². The summed E-state index contributed by atoms with van der Waals surface area (Å²) in [4.78, 5) is 15.3. The molecule has 2 aromatic rings. The summed E-state index contributed by atoms with van der Waals surface area (Å²) in [6.45, 7) is 3.67. The molecule has 2 N–H and O–H groups in total. The van der Waals surface area contributed by atoms with E-state index in [1.54, 1.807) is 18.2 Å². The Kier molecular flexibility index (Phi) is 4.77. The number of rotatable bonds is 6. The molecule has 6 nitrogen and oxygen atoms in total. The van der Waals surface area contributed by atoms with Crippen molar-refractivity contribution in [1.82, 2.24) is 9.71 Å². The molecule has 0 radical (unpaired) electrons. The van der Waals surface area contributed by atoms with E-state index in [2.05, 4.69) is 9.71 Å². The molecule has 22 heavy (non-hydrogen) atoms. The van der Waals surface area contributed by atoms with Crippen LogP contribution in [-0.4, -0.2) is 30.5 Å². The first-order chi connectivity index (χ1) is 10.3. The lowest BCUT2D eigenvalue weighted by molar-refractivity contribution is -0.139. The van der Waals surface area contributed by atoms with E-state index in [9.17, 15) is 13.2 Å². The normalized spacial score (nSPS) is 13.4. The number of nitrogens with zero attached hydrogens (tertiary/aromatic N) is 1. The molecule has 2 rings (SSSR count). The molecule has 0 saturated heterocycles. The van der Waals surface area contributed by atoms with Crippen molar-refractivity contribution in [2.24, 2.45) is 5.92 Å². The number of para-hydroxylation sites is 1. The molecule has 1 unspecified atom stereocenters. The molecule has 1 aromatic carbocycles. The van der Waals surface area contributed by atoms with E-state index >= 15 is 0 Å². The Balaban J connectivity index is 2.33. The van der Waals surface area contributed by atoms with Crippen molar-refractivity contribution in [2.45, 2.75) is 31.2 Å². The number of carboxylic acids is 1. The first-order valence-corrected chi connectivity index (χ1v) is 8.38. The Bertz CT molecular complexity index is 787. The second-order valence-corrected chi connectivity index (χ2v) is 7.22. The monoisotopic (exact) mass is 322 g/mol. The molecular formula is C15H18N2O4S. The summed E-state index contributed by atoms with van der Waals surface area (Å²) < 4.78 is 27.0. The van der Waals surface area contributed by atoms with Crippen LogP contribution < -0.4 is 4.72 Å². The van der Waals surface area contributed by atoms with Gasteiger partial charge in [0.1, 0.15) is 10.9 Å². The maximum Gasteiger partial charge on any atom is 0.321 e. The minimum Gasteiger partial charge on any atom is -0.480 e. The van der Waals surface area contributed by atoms with E-state index in [0.29, 0.717) is 10.9 Å². The van der Waals surface area contributed by atoms with Gasteiger partial charge in [-0.3, -0.25) is 9.78 Å². The minimum atomic E-state index is -3.93. The van der Waals surface area contributed by atoms with E-state index < -0.39 is 22.0 Å². The van der Waals surface area contributed by atoms with Crippen LogP contribution in [0.4, 0.5) is 0 Å². The Morgan fingerprint density at radius 2 is 2.00 bits per heavy atom. The zero-order chi connectivity index (χ0) is 16.3. The largest absolute Gasteiger partial charge is 0.480 e. The Morgan fingerprint density at radius 3 is 2.64 bits per heavy atom. The quantitative estimate of drug-likeness (QED) is 0.848. The third-order valence-electron chi connectivity index (χ3n) is 3.18. The Labute approximate surface area is 129 Å². The van der Waals surface area contributed by atoms with Crippen molar-refractivity contribution < 1.29 is 18.3 Å². The Morgan fingerprint density at radius 1 is 1.32 bits per heavy atom. The van der Waals surface area contributed by atoms with Gasteiger partial charge in [-0.1, -0.05) is 32.0 Å². The van der Waals surface area contributed by atoms with E-state index in [0.717, 1.165) is 0 Å². The molecule has 0 saturated carbocycles. The van der Waals surface area contributed by atoms with Crippen LogP contribution >= 0.6 is 0 Å². The maximum atomic E-state index is 12.4. The molecule has 7 heteroatoms. The molecule has 0 amide bonds. The van der Waals surface area contributed by atoms with Crippen LogP contribution in [0.2, 0.25) is 0 Å². The molecule has 0 bridgehead atoms. The lowest BCUT2D eigenvalue weighted by Crippen LogP contribution is -2.41. The highest BCUT2D eigenvalue weighted by atomic mass is 32.2. The predicted octanol–water partition coefficient (Wildman–Crippen LogP) is 2.01. The first-order valence-electron chi connectivity index (χ1n) is 6.89. The number of carbonyl (C=O) groups is 1. The van der Waals surface area contributed by atoms with Crippen LogP contribution in [0.1, 0.15) is 20.3 Å². The fourth-order valence-electron chi connectivity index (χ4n) is 2.12. The molecule has 0 aliphatic rings. The Hall–Kier alpha value is -1.99. The van der Waals surface area contributed by atoms with Crippen LogP contribution in [0.3, 0.4) is 0 Å². The third kappa shape index (κ3) is 3.80. The lowest BCUT2D eigenvalue weighted by atomic mass is 10.1. The summed E-state index contributed by atoms with van der Waals surface area (Å²) in [7, 11) is -3.93. The molecule has 1 atom stereocenters. The number of aromatic nitrogens is 1. The number of carboxylic acid groups (broad SMARTS) is 1. The molecule has 0 aliphatic heterocycles. The number of pyridine rings is 1. The smallest absolute Gasteiger partial charge is 0.321 e. The minimum absolute atomic E-state index is 0.0405. The van der Waals surface area contributed by atoms with Crippen molar-refractivity contribution in [3.8, 4) is 0 Å². The summed E-state index contributed by atoms with van der Waals surface area (Å²) in [5, 5.41) is 9.84.